The first-order chi connectivity index (χ1) is 9.35. The van der Waals surface area contributed by atoms with Gasteiger partial charge in [-0.25, -0.2) is 19.6 Å². The number of methoxy groups -OCH3 is 1. The molecule has 3 rings (SSSR count). The molecule has 0 fully saturated rings. The fourth-order valence-electron chi connectivity index (χ4n) is 1.96. The molecule has 0 aliphatic heterocycles. The Morgan fingerprint density at radius 3 is 2.89 bits per heavy atom. The van der Waals surface area contributed by atoms with Crippen molar-refractivity contribution in [3.05, 3.63) is 36.8 Å². The van der Waals surface area contributed by atoms with E-state index in [-0.39, 0.29) is 0 Å². The van der Waals surface area contributed by atoms with Crippen molar-refractivity contribution >= 4 is 23.4 Å². The summed E-state index contributed by atoms with van der Waals surface area (Å²) in [5, 5.41) is 5.24. The Balaban J connectivity index is 2.29. The molecule has 0 aliphatic rings. The zero-order valence-electron chi connectivity index (χ0n) is 10.3. The Morgan fingerprint density at radius 2 is 2.11 bits per heavy atom. The van der Waals surface area contributed by atoms with Gasteiger partial charge in [-0.1, -0.05) is 6.07 Å². The topological polar surface area (TPSA) is 65.2 Å². The molecule has 0 N–H and O–H groups in total. The van der Waals surface area contributed by atoms with E-state index in [9.17, 15) is 0 Å². The Bertz CT molecular complexity index is 750. The standard InChI is InChI=1S/C13H11N5O/c1-14-12-13(16-7-6-15-12)18-10-4-3-5-11(19-2)9(10)8-17-18/h3-8H,1H2,2H3. The van der Waals surface area contributed by atoms with E-state index in [1.165, 1.54) is 0 Å². The lowest BCUT2D eigenvalue weighted by Gasteiger charge is -2.05. The van der Waals surface area contributed by atoms with Crippen molar-refractivity contribution in [1.82, 2.24) is 19.7 Å². The molecule has 2 aromatic heterocycles. The van der Waals surface area contributed by atoms with Gasteiger partial charge >= 0.3 is 0 Å². The minimum absolute atomic E-state index is 0.440. The van der Waals surface area contributed by atoms with Gasteiger partial charge in [-0.3, -0.25) is 0 Å². The lowest BCUT2D eigenvalue weighted by molar-refractivity contribution is 0.420. The molecule has 0 saturated heterocycles. The molecular weight excluding hydrogens is 242 g/mol. The van der Waals surface area contributed by atoms with Gasteiger partial charge in [0.25, 0.3) is 0 Å². The summed E-state index contributed by atoms with van der Waals surface area (Å²) in [7, 11) is 1.63. The molecule has 6 heteroatoms. The average molecular weight is 253 g/mol. The highest BCUT2D eigenvalue weighted by molar-refractivity contribution is 5.86. The summed E-state index contributed by atoms with van der Waals surface area (Å²) in [6.45, 7) is 3.50. The molecule has 0 spiro atoms. The highest BCUT2D eigenvalue weighted by atomic mass is 16.5. The number of hydrogen-bond acceptors (Lipinski definition) is 5. The number of aliphatic imine (C=N–C) groups is 1. The van der Waals surface area contributed by atoms with Crippen molar-refractivity contribution < 1.29 is 4.74 Å². The molecule has 19 heavy (non-hydrogen) atoms. The zero-order valence-corrected chi connectivity index (χ0v) is 10.3. The van der Waals surface area contributed by atoms with Crippen LogP contribution in [0, 0.1) is 0 Å². The van der Waals surface area contributed by atoms with Crippen molar-refractivity contribution in [1.29, 1.82) is 0 Å². The van der Waals surface area contributed by atoms with E-state index in [4.69, 9.17) is 4.74 Å². The van der Waals surface area contributed by atoms with E-state index in [0.717, 1.165) is 16.7 Å². The number of ether oxygens (including phenoxy) is 1. The van der Waals surface area contributed by atoms with E-state index in [1.807, 2.05) is 18.2 Å². The summed E-state index contributed by atoms with van der Waals surface area (Å²) in [5.74, 6) is 1.75. The third kappa shape index (κ3) is 1.74. The van der Waals surface area contributed by atoms with Crippen molar-refractivity contribution in [3.63, 3.8) is 0 Å². The van der Waals surface area contributed by atoms with E-state index in [2.05, 4.69) is 26.8 Å². The van der Waals surface area contributed by atoms with Crippen LogP contribution in [0.25, 0.3) is 16.7 Å². The van der Waals surface area contributed by atoms with E-state index < -0.39 is 0 Å². The maximum atomic E-state index is 5.31. The predicted molar refractivity (Wildman–Crippen MR) is 72.4 cm³/mol. The molecule has 1 aromatic carbocycles. The van der Waals surface area contributed by atoms with Crippen LogP contribution >= 0.6 is 0 Å². The quantitative estimate of drug-likeness (QED) is 0.671. The van der Waals surface area contributed by atoms with Gasteiger partial charge in [-0.15, -0.1) is 0 Å². The third-order valence-corrected chi connectivity index (χ3v) is 2.80. The van der Waals surface area contributed by atoms with Crippen molar-refractivity contribution in [2.24, 2.45) is 4.99 Å². The first-order valence-electron chi connectivity index (χ1n) is 5.64. The fourth-order valence-corrected chi connectivity index (χ4v) is 1.96. The van der Waals surface area contributed by atoms with E-state index in [1.54, 1.807) is 30.4 Å². The van der Waals surface area contributed by atoms with Crippen LogP contribution in [0.1, 0.15) is 0 Å². The van der Waals surface area contributed by atoms with Gasteiger partial charge in [-0.2, -0.15) is 5.10 Å². The Labute approximate surface area is 109 Å². The molecule has 0 saturated carbocycles. The van der Waals surface area contributed by atoms with Crippen molar-refractivity contribution in [2.75, 3.05) is 7.11 Å². The smallest absolute Gasteiger partial charge is 0.199 e. The maximum Gasteiger partial charge on any atom is 0.199 e. The molecule has 0 radical (unpaired) electrons. The van der Waals surface area contributed by atoms with Gasteiger partial charge in [0.1, 0.15) is 5.75 Å². The van der Waals surface area contributed by atoms with Crippen LogP contribution in [-0.4, -0.2) is 33.6 Å². The van der Waals surface area contributed by atoms with Gasteiger partial charge in [0.2, 0.25) is 0 Å². The first-order valence-corrected chi connectivity index (χ1v) is 5.64. The van der Waals surface area contributed by atoms with Crippen LogP contribution in [0.4, 0.5) is 5.82 Å². The minimum Gasteiger partial charge on any atom is -0.496 e. The largest absolute Gasteiger partial charge is 0.496 e. The Hall–Kier alpha value is -2.76. The summed E-state index contributed by atoms with van der Waals surface area (Å²) in [6, 6.07) is 5.72. The molecule has 0 amide bonds. The lowest BCUT2D eigenvalue weighted by Crippen LogP contribution is -2.00. The maximum absolute atomic E-state index is 5.31. The second kappa shape index (κ2) is 4.49. The third-order valence-electron chi connectivity index (χ3n) is 2.80. The van der Waals surface area contributed by atoms with Crippen LogP contribution in [0.15, 0.2) is 41.8 Å². The number of hydrogen-bond donors (Lipinski definition) is 0. The number of aromatic nitrogens is 4. The van der Waals surface area contributed by atoms with Gasteiger partial charge < -0.3 is 4.74 Å². The number of benzene rings is 1. The fraction of sp³-hybridized carbons (Fsp3) is 0.0769. The first kappa shape index (κ1) is 11.3. The summed E-state index contributed by atoms with van der Waals surface area (Å²) >= 11 is 0. The zero-order chi connectivity index (χ0) is 13.2. The van der Waals surface area contributed by atoms with Gasteiger partial charge in [0.05, 0.1) is 24.2 Å². The molecule has 0 atom stereocenters. The predicted octanol–water partition coefficient (Wildman–Crippen LogP) is 2.16. The lowest BCUT2D eigenvalue weighted by atomic mass is 10.2. The minimum atomic E-state index is 0.440. The Morgan fingerprint density at radius 1 is 1.26 bits per heavy atom. The summed E-state index contributed by atoms with van der Waals surface area (Å²) in [5.41, 5.74) is 0.879. The number of nitrogens with zero attached hydrogens (tertiary/aromatic N) is 5. The summed E-state index contributed by atoms with van der Waals surface area (Å²) in [6.07, 6.45) is 4.90. The average Bonchev–Trinajstić information content (AvgIpc) is 2.90. The number of fused-ring (bicyclic) bond motifs is 1. The second-order valence-electron chi connectivity index (χ2n) is 3.81. The molecule has 6 nitrogen and oxygen atoms in total. The molecule has 0 aliphatic carbocycles. The monoisotopic (exact) mass is 253 g/mol. The SMILES string of the molecule is C=Nc1nccnc1-n1ncc2c(OC)cccc21. The van der Waals surface area contributed by atoms with Crippen LogP contribution in [0.3, 0.4) is 0 Å². The molecule has 0 unspecified atom stereocenters. The normalized spacial score (nSPS) is 10.6. The molecular formula is C13H11N5O. The highest BCUT2D eigenvalue weighted by Crippen LogP contribution is 2.28. The van der Waals surface area contributed by atoms with Crippen molar-refractivity contribution in [2.45, 2.75) is 0 Å². The Kier molecular flexibility index (Phi) is 2.68. The highest BCUT2D eigenvalue weighted by Gasteiger charge is 2.12. The molecule has 0 bridgehead atoms. The van der Waals surface area contributed by atoms with Crippen molar-refractivity contribution in [3.8, 4) is 11.6 Å². The van der Waals surface area contributed by atoms with Gasteiger partial charge in [0.15, 0.2) is 11.6 Å². The van der Waals surface area contributed by atoms with Crippen LogP contribution in [0.2, 0.25) is 0 Å². The molecule has 2 heterocycles. The van der Waals surface area contributed by atoms with Gasteiger partial charge in [0, 0.05) is 12.4 Å². The van der Waals surface area contributed by atoms with Crippen LogP contribution in [-0.2, 0) is 0 Å². The molecule has 94 valence electrons. The van der Waals surface area contributed by atoms with E-state index in [0.29, 0.717) is 11.6 Å². The van der Waals surface area contributed by atoms with Crippen LogP contribution < -0.4 is 4.74 Å². The van der Waals surface area contributed by atoms with Crippen LogP contribution in [0.5, 0.6) is 5.75 Å². The number of rotatable bonds is 3. The van der Waals surface area contributed by atoms with E-state index >= 15 is 0 Å². The summed E-state index contributed by atoms with van der Waals surface area (Å²) in [4.78, 5) is 12.2. The summed E-state index contributed by atoms with van der Waals surface area (Å²) < 4.78 is 6.98. The van der Waals surface area contributed by atoms with Gasteiger partial charge in [-0.05, 0) is 18.9 Å². The second-order valence-corrected chi connectivity index (χ2v) is 3.81. The molecule has 3 aromatic rings.